The van der Waals surface area contributed by atoms with Crippen molar-refractivity contribution in [3.05, 3.63) is 42.5 Å². The third-order valence-corrected chi connectivity index (χ3v) is 2.66. The highest BCUT2D eigenvalue weighted by atomic mass is 16.7. The first kappa shape index (κ1) is 13.8. The van der Waals surface area contributed by atoms with Gasteiger partial charge in [0.05, 0.1) is 12.3 Å². The van der Waals surface area contributed by atoms with Gasteiger partial charge in [0.25, 0.3) is 0 Å². The monoisotopic (exact) mass is 233 g/mol. The van der Waals surface area contributed by atoms with Gasteiger partial charge in [-0.15, -0.1) is 6.58 Å². The van der Waals surface area contributed by atoms with Crippen molar-refractivity contribution in [1.29, 1.82) is 0 Å². The Bertz CT molecular complexity index is 348. The van der Waals surface area contributed by atoms with Crippen LogP contribution in [0.5, 0.6) is 0 Å². The van der Waals surface area contributed by atoms with Crippen LogP contribution in [-0.2, 0) is 10.3 Å². The Morgan fingerprint density at radius 2 is 1.82 bits per heavy atom. The lowest BCUT2D eigenvalue weighted by molar-refractivity contribution is 0.137. The van der Waals surface area contributed by atoms with E-state index in [0.717, 1.165) is 12.2 Å². The van der Waals surface area contributed by atoms with Gasteiger partial charge in [0.2, 0.25) is 0 Å². The van der Waals surface area contributed by atoms with E-state index in [-0.39, 0.29) is 5.41 Å². The molecule has 0 radical (unpaired) electrons. The van der Waals surface area contributed by atoms with Crippen LogP contribution < -0.4 is 5.06 Å². The summed E-state index contributed by atoms with van der Waals surface area (Å²) in [5, 5.41) is 1.88. The average Bonchev–Trinajstić information content (AvgIpc) is 2.29. The second-order valence-electron chi connectivity index (χ2n) is 5.08. The summed E-state index contributed by atoms with van der Waals surface area (Å²) >= 11 is 0. The fraction of sp³-hybridized carbons (Fsp3) is 0.467. The Morgan fingerprint density at radius 1 is 1.24 bits per heavy atom. The molecule has 0 aliphatic carbocycles. The zero-order valence-electron chi connectivity index (χ0n) is 11.4. The average molecular weight is 233 g/mol. The summed E-state index contributed by atoms with van der Waals surface area (Å²) in [7, 11) is 0. The van der Waals surface area contributed by atoms with E-state index in [1.807, 2.05) is 5.06 Å². The van der Waals surface area contributed by atoms with E-state index in [9.17, 15) is 0 Å². The molecule has 17 heavy (non-hydrogen) atoms. The molecule has 0 unspecified atom stereocenters. The fourth-order valence-electron chi connectivity index (χ4n) is 1.62. The first-order chi connectivity index (χ1) is 7.99. The van der Waals surface area contributed by atoms with Crippen molar-refractivity contribution in [3.8, 4) is 0 Å². The van der Waals surface area contributed by atoms with E-state index in [1.54, 1.807) is 6.08 Å². The number of hydrogen-bond donors (Lipinski definition) is 0. The Kier molecular flexibility index (Phi) is 4.76. The molecule has 94 valence electrons. The number of hydroxylamine groups is 1. The molecule has 0 aromatic heterocycles. The number of benzene rings is 1. The molecule has 1 aromatic rings. The Hall–Kier alpha value is -1.28. The van der Waals surface area contributed by atoms with Crippen LogP contribution in [0.2, 0.25) is 0 Å². The number of rotatable bonds is 5. The maximum atomic E-state index is 5.57. The largest absolute Gasteiger partial charge is 0.269 e. The summed E-state index contributed by atoms with van der Waals surface area (Å²) in [6.07, 6.45) is 1.76. The molecule has 0 spiro atoms. The van der Waals surface area contributed by atoms with E-state index >= 15 is 0 Å². The van der Waals surface area contributed by atoms with E-state index in [4.69, 9.17) is 4.84 Å². The van der Waals surface area contributed by atoms with E-state index in [1.165, 1.54) is 5.56 Å². The molecule has 0 amide bonds. The smallest absolute Gasteiger partial charge is 0.0927 e. The zero-order valence-corrected chi connectivity index (χ0v) is 11.4. The normalized spacial score (nSPS) is 11.3. The molecule has 0 saturated carbocycles. The molecular weight excluding hydrogens is 210 g/mol. The van der Waals surface area contributed by atoms with Crippen molar-refractivity contribution in [1.82, 2.24) is 0 Å². The molecule has 0 atom stereocenters. The van der Waals surface area contributed by atoms with Crippen molar-refractivity contribution in [2.45, 2.75) is 33.1 Å². The standard InChI is InChI=1S/C15H23NO/c1-6-12-17-16(7-2)14-10-8-13(9-11-14)15(3,4)5/h6,8-11H,1,7,12H2,2-5H3. The molecule has 0 heterocycles. The van der Waals surface area contributed by atoms with Gasteiger partial charge in [0.1, 0.15) is 0 Å². The number of hydrogen-bond acceptors (Lipinski definition) is 2. The zero-order chi connectivity index (χ0) is 12.9. The third kappa shape index (κ3) is 3.90. The highest BCUT2D eigenvalue weighted by Gasteiger charge is 2.13. The van der Waals surface area contributed by atoms with Crippen LogP contribution in [0.4, 0.5) is 5.69 Å². The van der Waals surface area contributed by atoms with Crippen molar-refractivity contribution < 1.29 is 4.84 Å². The molecule has 1 aromatic carbocycles. The van der Waals surface area contributed by atoms with Crippen molar-refractivity contribution in [2.75, 3.05) is 18.2 Å². The summed E-state index contributed by atoms with van der Waals surface area (Å²) in [6, 6.07) is 8.53. The van der Waals surface area contributed by atoms with Gasteiger partial charge in [-0.05, 0) is 30.0 Å². The second kappa shape index (κ2) is 5.87. The summed E-state index contributed by atoms with van der Waals surface area (Å²) in [4.78, 5) is 5.57. The van der Waals surface area contributed by atoms with Gasteiger partial charge >= 0.3 is 0 Å². The van der Waals surface area contributed by atoms with Gasteiger partial charge < -0.3 is 0 Å². The molecule has 0 fully saturated rings. The van der Waals surface area contributed by atoms with Crippen LogP contribution in [0.3, 0.4) is 0 Å². The minimum Gasteiger partial charge on any atom is -0.269 e. The van der Waals surface area contributed by atoms with E-state index in [0.29, 0.717) is 6.61 Å². The van der Waals surface area contributed by atoms with E-state index in [2.05, 4.69) is 58.5 Å². The van der Waals surface area contributed by atoms with Crippen LogP contribution in [0, 0.1) is 0 Å². The Balaban J connectivity index is 2.81. The Labute approximate surface area is 105 Å². The van der Waals surface area contributed by atoms with Gasteiger partial charge in [0.15, 0.2) is 0 Å². The molecule has 0 N–H and O–H groups in total. The molecule has 1 rings (SSSR count). The third-order valence-electron chi connectivity index (χ3n) is 2.66. The summed E-state index contributed by atoms with van der Waals surface area (Å²) < 4.78 is 0. The molecule has 0 bridgehead atoms. The number of anilines is 1. The minimum absolute atomic E-state index is 0.192. The van der Waals surface area contributed by atoms with Crippen LogP contribution in [-0.4, -0.2) is 13.2 Å². The predicted octanol–water partition coefficient (Wildman–Crippen LogP) is 3.93. The first-order valence-electron chi connectivity index (χ1n) is 6.11. The van der Waals surface area contributed by atoms with Crippen LogP contribution in [0.15, 0.2) is 36.9 Å². The van der Waals surface area contributed by atoms with Crippen LogP contribution >= 0.6 is 0 Å². The maximum absolute atomic E-state index is 5.57. The maximum Gasteiger partial charge on any atom is 0.0927 e. The summed E-state index contributed by atoms with van der Waals surface area (Å²) in [5.74, 6) is 0. The lowest BCUT2D eigenvalue weighted by Gasteiger charge is -2.24. The SMILES string of the molecule is C=CCON(CC)c1ccc(C(C)(C)C)cc1. The van der Waals surface area contributed by atoms with Crippen molar-refractivity contribution >= 4 is 5.69 Å². The highest BCUT2D eigenvalue weighted by molar-refractivity contribution is 5.46. The van der Waals surface area contributed by atoms with Crippen LogP contribution in [0.1, 0.15) is 33.3 Å². The molecule has 0 aliphatic rings. The van der Waals surface area contributed by atoms with Gasteiger partial charge in [-0.3, -0.25) is 9.90 Å². The molecule has 0 aliphatic heterocycles. The fourth-order valence-corrected chi connectivity index (χ4v) is 1.62. The highest BCUT2D eigenvalue weighted by Crippen LogP contribution is 2.24. The molecule has 0 saturated heterocycles. The van der Waals surface area contributed by atoms with Crippen LogP contribution in [0.25, 0.3) is 0 Å². The topological polar surface area (TPSA) is 12.5 Å². The second-order valence-corrected chi connectivity index (χ2v) is 5.08. The molecule has 2 nitrogen and oxygen atoms in total. The molecule has 2 heteroatoms. The van der Waals surface area contributed by atoms with Gasteiger partial charge in [-0.1, -0.05) is 39.0 Å². The van der Waals surface area contributed by atoms with Gasteiger partial charge in [-0.25, -0.2) is 0 Å². The van der Waals surface area contributed by atoms with Crippen molar-refractivity contribution in [3.63, 3.8) is 0 Å². The summed E-state index contributed by atoms with van der Waals surface area (Å²) in [5.41, 5.74) is 2.61. The summed E-state index contributed by atoms with van der Waals surface area (Å²) in [6.45, 7) is 13.7. The minimum atomic E-state index is 0.192. The Morgan fingerprint density at radius 3 is 2.24 bits per heavy atom. The number of nitrogens with zero attached hydrogens (tertiary/aromatic N) is 1. The van der Waals surface area contributed by atoms with Gasteiger partial charge in [-0.2, -0.15) is 0 Å². The quantitative estimate of drug-likeness (QED) is 0.564. The first-order valence-corrected chi connectivity index (χ1v) is 6.11. The lowest BCUT2D eigenvalue weighted by atomic mass is 9.87. The lowest BCUT2D eigenvalue weighted by Crippen LogP contribution is -2.23. The predicted molar refractivity (Wildman–Crippen MR) is 74.3 cm³/mol. The van der Waals surface area contributed by atoms with Crippen molar-refractivity contribution in [2.24, 2.45) is 0 Å². The molecular formula is C15H23NO. The van der Waals surface area contributed by atoms with Gasteiger partial charge in [0, 0.05) is 6.54 Å². The van der Waals surface area contributed by atoms with E-state index < -0.39 is 0 Å².